The normalized spacial score (nSPS) is 15.7. The molecule has 1 saturated heterocycles. The van der Waals surface area contributed by atoms with E-state index in [4.69, 9.17) is 0 Å². The van der Waals surface area contributed by atoms with Crippen molar-refractivity contribution in [3.05, 3.63) is 71.0 Å². The van der Waals surface area contributed by atoms with Crippen molar-refractivity contribution in [3.8, 4) is 0 Å². The number of hydrogen-bond donors (Lipinski definition) is 1. The first-order valence-corrected chi connectivity index (χ1v) is 9.90. The van der Waals surface area contributed by atoms with Crippen LogP contribution in [0.15, 0.2) is 60.9 Å². The third-order valence-corrected chi connectivity index (χ3v) is 5.59. The number of hydrogen-bond acceptors (Lipinski definition) is 6. The Morgan fingerprint density at radius 2 is 1.80 bits per heavy atom. The number of amides is 1. The van der Waals surface area contributed by atoms with E-state index in [2.05, 4.69) is 20.1 Å². The van der Waals surface area contributed by atoms with Crippen molar-refractivity contribution in [2.45, 2.75) is 13.0 Å². The summed E-state index contributed by atoms with van der Waals surface area (Å²) in [6.45, 7) is 4.84. The molecule has 1 fully saturated rings. The number of nitro benzene ring substituents is 1. The molecule has 3 aromatic rings. The van der Waals surface area contributed by atoms with E-state index >= 15 is 0 Å². The highest BCUT2D eigenvalue weighted by atomic mass is 16.6. The van der Waals surface area contributed by atoms with E-state index in [-0.39, 0.29) is 22.6 Å². The molecule has 1 atom stereocenters. The Kier molecular flexibility index (Phi) is 5.58. The molecule has 0 spiro atoms. The van der Waals surface area contributed by atoms with Crippen LogP contribution in [0.4, 0.5) is 17.1 Å². The molecule has 2 aromatic carbocycles. The number of rotatable bonds is 5. The molecular weight excluding hydrogens is 382 g/mol. The van der Waals surface area contributed by atoms with Crippen molar-refractivity contribution >= 4 is 33.7 Å². The Hall–Kier alpha value is -3.52. The zero-order valence-electron chi connectivity index (χ0n) is 16.7. The summed E-state index contributed by atoms with van der Waals surface area (Å²) in [6, 6.07) is 14.4. The average Bonchev–Trinajstić information content (AvgIpc) is 2.78. The number of para-hydroxylation sites is 1. The summed E-state index contributed by atoms with van der Waals surface area (Å²) in [6.07, 6.45) is 3.20. The number of aromatic nitrogens is 1. The summed E-state index contributed by atoms with van der Waals surface area (Å²) in [4.78, 5) is 32.0. The maximum Gasteiger partial charge on any atom is 0.278 e. The number of pyridine rings is 1. The molecule has 8 nitrogen and oxygen atoms in total. The second kappa shape index (κ2) is 8.46. The van der Waals surface area contributed by atoms with Crippen molar-refractivity contribution in [2.24, 2.45) is 0 Å². The predicted octanol–water partition coefficient (Wildman–Crippen LogP) is 3.29. The van der Waals surface area contributed by atoms with Gasteiger partial charge in [-0.05, 0) is 31.2 Å². The van der Waals surface area contributed by atoms with Crippen molar-refractivity contribution in [1.29, 1.82) is 0 Å². The molecular formula is C22H23N5O3. The summed E-state index contributed by atoms with van der Waals surface area (Å²) in [5, 5.41) is 15.7. The Labute approximate surface area is 174 Å². The number of nitro groups is 1. The Morgan fingerprint density at radius 3 is 2.50 bits per heavy atom. The minimum atomic E-state index is -0.376. The standard InChI is InChI=1S/C22H23N5O3/c1-16(22(28)24-17-5-3-2-4-6-17)25-11-13-26(14-12-25)20-7-8-21(27(29)30)19-15-23-10-9-18(19)20/h2-10,15-16H,11-14H2,1H3,(H,24,28)/t16-/m1/s1. The van der Waals surface area contributed by atoms with Gasteiger partial charge in [-0.15, -0.1) is 0 Å². The summed E-state index contributed by atoms with van der Waals surface area (Å²) >= 11 is 0. The van der Waals surface area contributed by atoms with Crippen LogP contribution in [0, 0.1) is 10.1 Å². The second-order valence-electron chi connectivity index (χ2n) is 7.34. The number of fused-ring (bicyclic) bond motifs is 1. The maximum absolute atomic E-state index is 12.6. The number of anilines is 2. The number of benzene rings is 2. The number of nitrogens with one attached hydrogen (secondary N) is 1. The van der Waals surface area contributed by atoms with Crippen molar-refractivity contribution in [1.82, 2.24) is 9.88 Å². The molecule has 1 aliphatic heterocycles. The first-order valence-electron chi connectivity index (χ1n) is 9.90. The molecule has 0 bridgehead atoms. The maximum atomic E-state index is 12.6. The molecule has 1 N–H and O–H groups in total. The van der Waals surface area contributed by atoms with Gasteiger partial charge in [0.15, 0.2) is 0 Å². The van der Waals surface area contributed by atoms with Crippen LogP contribution in [0.2, 0.25) is 0 Å². The molecule has 30 heavy (non-hydrogen) atoms. The molecule has 8 heteroatoms. The fraction of sp³-hybridized carbons (Fsp3) is 0.273. The minimum Gasteiger partial charge on any atom is -0.368 e. The van der Waals surface area contributed by atoms with Crippen LogP contribution < -0.4 is 10.2 Å². The third kappa shape index (κ3) is 3.95. The van der Waals surface area contributed by atoms with Gasteiger partial charge in [-0.3, -0.25) is 24.8 Å². The average molecular weight is 405 g/mol. The Balaban J connectivity index is 1.45. The highest BCUT2D eigenvalue weighted by Gasteiger charge is 2.27. The molecule has 0 aliphatic carbocycles. The third-order valence-electron chi connectivity index (χ3n) is 5.59. The summed E-state index contributed by atoms with van der Waals surface area (Å²) in [5.41, 5.74) is 1.81. The summed E-state index contributed by atoms with van der Waals surface area (Å²) in [5.74, 6) is -0.0264. The summed E-state index contributed by atoms with van der Waals surface area (Å²) < 4.78 is 0. The topological polar surface area (TPSA) is 91.6 Å². The molecule has 4 rings (SSSR count). The van der Waals surface area contributed by atoms with E-state index in [1.807, 2.05) is 49.4 Å². The van der Waals surface area contributed by atoms with Crippen molar-refractivity contribution in [3.63, 3.8) is 0 Å². The highest BCUT2D eigenvalue weighted by Crippen LogP contribution is 2.33. The number of carbonyl (C=O) groups is 1. The molecule has 1 aliphatic rings. The first-order chi connectivity index (χ1) is 14.5. The molecule has 0 saturated carbocycles. The van der Waals surface area contributed by atoms with E-state index in [1.165, 1.54) is 0 Å². The SMILES string of the molecule is C[C@H](C(=O)Nc1ccccc1)N1CCN(c2ccc([N+](=O)[O-])c3cnccc23)CC1. The van der Waals surface area contributed by atoms with Gasteiger partial charge in [-0.1, -0.05) is 18.2 Å². The van der Waals surface area contributed by atoms with Crippen LogP contribution in [-0.2, 0) is 4.79 Å². The summed E-state index contributed by atoms with van der Waals surface area (Å²) in [7, 11) is 0. The van der Waals surface area contributed by atoms with E-state index in [0.717, 1.165) is 42.9 Å². The van der Waals surface area contributed by atoms with Gasteiger partial charge in [0.2, 0.25) is 5.91 Å². The van der Waals surface area contributed by atoms with Gasteiger partial charge < -0.3 is 10.2 Å². The monoisotopic (exact) mass is 405 g/mol. The van der Waals surface area contributed by atoms with Gasteiger partial charge in [0.05, 0.1) is 16.4 Å². The number of carbonyl (C=O) groups excluding carboxylic acids is 1. The number of piperazine rings is 1. The number of nitrogens with zero attached hydrogens (tertiary/aromatic N) is 4. The Morgan fingerprint density at radius 1 is 1.07 bits per heavy atom. The zero-order chi connectivity index (χ0) is 21.1. The lowest BCUT2D eigenvalue weighted by atomic mass is 10.1. The van der Waals surface area contributed by atoms with Gasteiger partial charge in [0.25, 0.3) is 5.69 Å². The molecule has 1 amide bonds. The van der Waals surface area contributed by atoms with E-state index in [0.29, 0.717) is 5.39 Å². The second-order valence-corrected chi connectivity index (χ2v) is 7.34. The minimum absolute atomic E-state index is 0.0264. The van der Waals surface area contributed by atoms with Gasteiger partial charge in [-0.2, -0.15) is 0 Å². The fourth-order valence-electron chi connectivity index (χ4n) is 3.88. The molecule has 0 radical (unpaired) electrons. The van der Waals surface area contributed by atoms with Gasteiger partial charge in [-0.25, -0.2) is 0 Å². The van der Waals surface area contributed by atoms with Crippen LogP contribution in [0.25, 0.3) is 10.8 Å². The highest BCUT2D eigenvalue weighted by molar-refractivity contribution is 5.99. The first kappa shape index (κ1) is 19.8. The van der Waals surface area contributed by atoms with Crippen molar-refractivity contribution in [2.75, 3.05) is 36.4 Å². The van der Waals surface area contributed by atoms with Crippen molar-refractivity contribution < 1.29 is 9.72 Å². The van der Waals surface area contributed by atoms with Crippen LogP contribution in [-0.4, -0.2) is 52.9 Å². The largest absolute Gasteiger partial charge is 0.368 e. The van der Waals surface area contributed by atoms with Crippen LogP contribution in [0.3, 0.4) is 0 Å². The molecule has 0 unspecified atom stereocenters. The van der Waals surface area contributed by atoms with E-state index < -0.39 is 0 Å². The smallest absolute Gasteiger partial charge is 0.278 e. The lowest BCUT2D eigenvalue weighted by molar-refractivity contribution is -0.383. The van der Waals surface area contributed by atoms with E-state index in [9.17, 15) is 14.9 Å². The van der Waals surface area contributed by atoms with Crippen LogP contribution in [0.1, 0.15) is 6.92 Å². The number of non-ortho nitro benzene ring substituents is 1. The molecule has 154 valence electrons. The lowest BCUT2D eigenvalue weighted by Crippen LogP contribution is -2.52. The zero-order valence-corrected chi connectivity index (χ0v) is 16.7. The predicted molar refractivity (Wildman–Crippen MR) is 117 cm³/mol. The van der Waals surface area contributed by atoms with Gasteiger partial charge in [0.1, 0.15) is 0 Å². The van der Waals surface area contributed by atoms with Crippen LogP contribution >= 0.6 is 0 Å². The van der Waals surface area contributed by atoms with Gasteiger partial charge in [0, 0.05) is 61.4 Å². The lowest BCUT2D eigenvalue weighted by Gasteiger charge is -2.38. The molecule has 1 aromatic heterocycles. The Bertz CT molecular complexity index is 1060. The van der Waals surface area contributed by atoms with Gasteiger partial charge >= 0.3 is 0 Å². The molecule has 2 heterocycles. The van der Waals surface area contributed by atoms with E-state index in [1.54, 1.807) is 18.5 Å². The fourth-order valence-corrected chi connectivity index (χ4v) is 3.88. The van der Waals surface area contributed by atoms with Crippen LogP contribution in [0.5, 0.6) is 0 Å². The quantitative estimate of drug-likeness (QED) is 0.517.